The van der Waals surface area contributed by atoms with E-state index in [4.69, 9.17) is 16.6 Å². The number of aliphatic carboxylic acids is 1. The normalized spacial score (nSPS) is 14.6. The minimum absolute atomic E-state index is 0.0457. The summed E-state index contributed by atoms with van der Waals surface area (Å²) in [5, 5.41) is 13.3. The van der Waals surface area contributed by atoms with Crippen molar-refractivity contribution in [2.45, 2.75) is 37.9 Å². The van der Waals surface area contributed by atoms with E-state index in [2.05, 4.69) is 23.3 Å². The molecule has 10 heteroatoms. The fraction of sp³-hybridized carbons (Fsp3) is 0.636. The van der Waals surface area contributed by atoms with Gasteiger partial charge in [0, 0.05) is 12.2 Å². The molecule has 0 heterocycles. The van der Waals surface area contributed by atoms with Crippen molar-refractivity contribution in [3.8, 4) is 0 Å². The molecule has 3 atom stereocenters. The van der Waals surface area contributed by atoms with E-state index in [1.807, 2.05) is 0 Å². The highest BCUT2D eigenvalue weighted by atomic mass is 32.1. The van der Waals surface area contributed by atoms with E-state index >= 15 is 0 Å². The number of hydrogen-bond donors (Lipinski definition) is 6. The van der Waals surface area contributed by atoms with Crippen LogP contribution in [-0.2, 0) is 19.2 Å². The third-order valence-electron chi connectivity index (χ3n) is 2.59. The number of primary amides is 1. The van der Waals surface area contributed by atoms with Crippen LogP contribution in [0.25, 0.3) is 0 Å². The zero-order valence-corrected chi connectivity index (χ0v) is 12.4. The summed E-state index contributed by atoms with van der Waals surface area (Å²) in [6.45, 7) is 1.38. The summed E-state index contributed by atoms with van der Waals surface area (Å²) >= 11 is 3.80. The number of carbonyl (C=O) groups is 4. The van der Waals surface area contributed by atoms with E-state index in [1.54, 1.807) is 0 Å². The lowest BCUT2D eigenvalue weighted by Crippen LogP contribution is -2.53. The van der Waals surface area contributed by atoms with Gasteiger partial charge in [0.2, 0.25) is 17.7 Å². The zero-order valence-electron chi connectivity index (χ0n) is 11.5. The summed E-state index contributed by atoms with van der Waals surface area (Å²) in [7, 11) is 0. The molecule has 0 bridgehead atoms. The predicted molar refractivity (Wildman–Crippen MR) is 77.4 cm³/mol. The molecule has 3 unspecified atom stereocenters. The fourth-order valence-corrected chi connectivity index (χ4v) is 1.54. The molecule has 7 N–H and O–H groups in total. The Morgan fingerprint density at radius 2 is 1.76 bits per heavy atom. The first-order chi connectivity index (χ1) is 9.68. The van der Waals surface area contributed by atoms with Gasteiger partial charge in [-0.2, -0.15) is 12.6 Å². The van der Waals surface area contributed by atoms with Gasteiger partial charge < -0.3 is 27.2 Å². The van der Waals surface area contributed by atoms with E-state index in [1.165, 1.54) is 6.92 Å². The fourth-order valence-electron chi connectivity index (χ4n) is 1.30. The minimum atomic E-state index is -1.23. The summed E-state index contributed by atoms with van der Waals surface area (Å²) in [4.78, 5) is 44.7. The second-order valence-corrected chi connectivity index (χ2v) is 4.79. The molecular formula is C11H20N4O5S. The first-order valence-electron chi connectivity index (χ1n) is 6.17. The molecule has 120 valence electrons. The molecule has 0 radical (unpaired) electrons. The van der Waals surface area contributed by atoms with Crippen molar-refractivity contribution in [1.29, 1.82) is 0 Å². The molecule has 0 aromatic heterocycles. The average Bonchev–Trinajstić information content (AvgIpc) is 2.40. The van der Waals surface area contributed by atoms with Crippen molar-refractivity contribution < 1.29 is 24.3 Å². The van der Waals surface area contributed by atoms with Gasteiger partial charge in [0.05, 0.1) is 6.04 Å². The highest BCUT2D eigenvalue weighted by Gasteiger charge is 2.24. The van der Waals surface area contributed by atoms with Crippen LogP contribution >= 0.6 is 12.6 Å². The number of nitrogens with two attached hydrogens (primary N) is 2. The lowest BCUT2D eigenvalue weighted by Gasteiger charge is -2.19. The Labute approximate surface area is 127 Å². The molecule has 0 aromatic rings. The molecule has 21 heavy (non-hydrogen) atoms. The SMILES string of the molecule is CC(NC(=O)C(N)CCC(N)=O)C(=O)NC(CS)C(=O)O. The molecular weight excluding hydrogens is 300 g/mol. The lowest BCUT2D eigenvalue weighted by molar-refractivity contribution is -0.141. The molecule has 0 aliphatic rings. The van der Waals surface area contributed by atoms with Crippen LogP contribution in [0.15, 0.2) is 0 Å². The van der Waals surface area contributed by atoms with Gasteiger partial charge in [-0.15, -0.1) is 0 Å². The van der Waals surface area contributed by atoms with Crippen LogP contribution in [-0.4, -0.2) is 52.7 Å². The third kappa shape index (κ3) is 7.51. The van der Waals surface area contributed by atoms with E-state index in [9.17, 15) is 19.2 Å². The molecule has 0 saturated carbocycles. The number of amides is 3. The van der Waals surface area contributed by atoms with Gasteiger partial charge in [-0.05, 0) is 13.3 Å². The third-order valence-corrected chi connectivity index (χ3v) is 2.95. The maximum absolute atomic E-state index is 11.7. The highest BCUT2D eigenvalue weighted by molar-refractivity contribution is 7.80. The van der Waals surface area contributed by atoms with Crippen molar-refractivity contribution in [2.24, 2.45) is 11.5 Å². The van der Waals surface area contributed by atoms with E-state index < -0.39 is 41.8 Å². The molecule has 0 rings (SSSR count). The minimum Gasteiger partial charge on any atom is -0.480 e. The van der Waals surface area contributed by atoms with Gasteiger partial charge in [-0.25, -0.2) is 4.79 Å². The second-order valence-electron chi connectivity index (χ2n) is 4.42. The smallest absolute Gasteiger partial charge is 0.327 e. The number of carbonyl (C=O) groups excluding carboxylic acids is 3. The number of hydrogen-bond acceptors (Lipinski definition) is 6. The first-order valence-corrected chi connectivity index (χ1v) is 6.80. The molecule has 0 aliphatic heterocycles. The second kappa shape index (κ2) is 9.19. The van der Waals surface area contributed by atoms with Crippen LogP contribution in [0.1, 0.15) is 19.8 Å². The summed E-state index contributed by atoms with van der Waals surface area (Å²) in [5.41, 5.74) is 10.5. The number of thiol groups is 1. The molecule has 0 saturated heterocycles. The van der Waals surface area contributed by atoms with Crippen molar-refractivity contribution in [3.63, 3.8) is 0 Å². The predicted octanol–water partition coefficient (Wildman–Crippen LogP) is -2.42. The van der Waals surface area contributed by atoms with Gasteiger partial charge in [-0.1, -0.05) is 0 Å². The van der Waals surface area contributed by atoms with Crippen molar-refractivity contribution >= 4 is 36.3 Å². The van der Waals surface area contributed by atoms with Crippen LogP contribution in [0.2, 0.25) is 0 Å². The highest BCUT2D eigenvalue weighted by Crippen LogP contribution is 1.96. The Hall–Kier alpha value is -1.81. The van der Waals surface area contributed by atoms with Crippen molar-refractivity contribution in [2.75, 3.05) is 5.75 Å². The van der Waals surface area contributed by atoms with Crippen LogP contribution in [0.5, 0.6) is 0 Å². The van der Waals surface area contributed by atoms with Gasteiger partial charge in [0.1, 0.15) is 12.1 Å². The Morgan fingerprint density at radius 3 is 2.19 bits per heavy atom. The average molecular weight is 320 g/mol. The van der Waals surface area contributed by atoms with Gasteiger partial charge in [0.25, 0.3) is 0 Å². The number of carboxylic acids is 1. The maximum atomic E-state index is 11.7. The summed E-state index contributed by atoms with van der Waals surface area (Å²) < 4.78 is 0. The molecule has 3 amide bonds. The van der Waals surface area contributed by atoms with E-state index in [-0.39, 0.29) is 18.6 Å². The zero-order chi connectivity index (χ0) is 16.6. The number of carboxylic acid groups (broad SMARTS) is 1. The Kier molecular flexibility index (Phi) is 8.39. The van der Waals surface area contributed by atoms with Crippen molar-refractivity contribution in [3.05, 3.63) is 0 Å². The summed E-state index contributed by atoms with van der Waals surface area (Å²) in [6, 6.07) is -3.10. The Balaban J connectivity index is 4.36. The maximum Gasteiger partial charge on any atom is 0.327 e. The number of nitrogens with one attached hydrogen (secondary N) is 2. The Morgan fingerprint density at radius 1 is 1.19 bits per heavy atom. The standard InChI is InChI=1S/C11H20N4O5S/c1-5(9(17)15-7(4-21)11(19)20)14-10(18)6(12)2-3-8(13)16/h5-7,21H,2-4,12H2,1H3,(H2,13,16)(H,14,18)(H,15,17)(H,19,20). The van der Waals surface area contributed by atoms with Crippen LogP contribution in [0.4, 0.5) is 0 Å². The lowest BCUT2D eigenvalue weighted by atomic mass is 10.1. The van der Waals surface area contributed by atoms with Crippen LogP contribution < -0.4 is 22.1 Å². The molecule has 0 aromatic carbocycles. The largest absolute Gasteiger partial charge is 0.480 e. The quantitative estimate of drug-likeness (QED) is 0.259. The molecule has 0 aliphatic carbocycles. The van der Waals surface area contributed by atoms with Gasteiger partial charge in [-0.3, -0.25) is 14.4 Å². The number of rotatable bonds is 9. The van der Waals surface area contributed by atoms with Crippen molar-refractivity contribution in [1.82, 2.24) is 10.6 Å². The van der Waals surface area contributed by atoms with E-state index in [0.29, 0.717) is 0 Å². The topological polar surface area (TPSA) is 165 Å². The van der Waals surface area contributed by atoms with E-state index in [0.717, 1.165) is 0 Å². The van der Waals surface area contributed by atoms with Crippen LogP contribution in [0.3, 0.4) is 0 Å². The van der Waals surface area contributed by atoms with Crippen LogP contribution in [0, 0.1) is 0 Å². The summed E-state index contributed by atoms with van der Waals surface area (Å²) in [5.74, 6) is -3.19. The van der Waals surface area contributed by atoms with Gasteiger partial charge in [0.15, 0.2) is 0 Å². The monoisotopic (exact) mass is 320 g/mol. The Bertz CT molecular complexity index is 417. The summed E-state index contributed by atoms with van der Waals surface area (Å²) in [6.07, 6.45) is 0.0137. The first kappa shape index (κ1) is 19.2. The van der Waals surface area contributed by atoms with Gasteiger partial charge >= 0.3 is 5.97 Å². The molecule has 0 fully saturated rings. The molecule has 9 nitrogen and oxygen atoms in total. The molecule has 0 spiro atoms.